The molecule has 0 aliphatic carbocycles. The summed E-state index contributed by atoms with van der Waals surface area (Å²) in [7, 11) is -3.68. The van der Waals surface area contributed by atoms with E-state index in [0.29, 0.717) is 37.2 Å². The van der Waals surface area contributed by atoms with Gasteiger partial charge in [-0.2, -0.15) is 4.31 Å². The van der Waals surface area contributed by atoms with Crippen molar-refractivity contribution in [2.45, 2.75) is 38.1 Å². The molecule has 1 N–H and O–H groups in total. The average molecular weight is 460 g/mol. The number of rotatable bonds is 5. The van der Waals surface area contributed by atoms with E-state index in [4.69, 9.17) is 0 Å². The van der Waals surface area contributed by atoms with Gasteiger partial charge in [-0.3, -0.25) is 14.2 Å². The minimum atomic E-state index is -3.68. The lowest BCUT2D eigenvalue weighted by Gasteiger charge is -2.30. The fraction of sp³-hybridized carbons (Fsp3) is 0.364. The van der Waals surface area contributed by atoms with Gasteiger partial charge in [-0.1, -0.05) is 23.5 Å². The Bertz CT molecular complexity index is 1290. The van der Waals surface area contributed by atoms with E-state index in [-0.39, 0.29) is 21.6 Å². The molecule has 9 heteroatoms. The van der Waals surface area contributed by atoms with Crippen LogP contribution < -0.4 is 10.2 Å². The number of piperidine rings is 1. The van der Waals surface area contributed by atoms with Gasteiger partial charge in [0.05, 0.1) is 15.1 Å². The normalized spacial score (nSPS) is 15.9. The number of sulfonamides is 1. The van der Waals surface area contributed by atoms with Gasteiger partial charge in [0.2, 0.25) is 15.9 Å². The topological polar surface area (TPSA) is 88.5 Å². The number of nitrogens with one attached hydrogen (secondary N) is 1. The van der Waals surface area contributed by atoms with Gasteiger partial charge in [0.25, 0.3) is 0 Å². The number of aryl methyl sites for hydroxylation is 2. The van der Waals surface area contributed by atoms with Crippen molar-refractivity contribution in [2.75, 3.05) is 18.4 Å². The zero-order valence-corrected chi connectivity index (χ0v) is 19.1. The number of carbonyl (C=O) groups is 1. The Labute approximate surface area is 185 Å². The number of hydrogen-bond acceptors (Lipinski definition) is 5. The largest absolute Gasteiger partial charge is 0.326 e. The number of aromatic nitrogens is 1. The van der Waals surface area contributed by atoms with Crippen molar-refractivity contribution in [1.82, 2.24) is 8.87 Å². The molecule has 7 nitrogen and oxygen atoms in total. The van der Waals surface area contributed by atoms with Crippen LogP contribution in [0.25, 0.3) is 10.2 Å². The Hall–Kier alpha value is -2.49. The average Bonchev–Trinajstić information content (AvgIpc) is 3.07. The fourth-order valence-corrected chi connectivity index (χ4v) is 6.55. The summed E-state index contributed by atoms with van der Waals surface area (Å²) in [4.78, 5) is 24.8. The summed E-state index contributed by atoms with van der Waals surface area (Å²) in [5.74, 6) is -0.298. The third-order valence-corrected chi connectivity index (χ3v) is 8.54. The van der Waals surface area contributed by atoms with Crippen LogP contribution in [-0.4, -0.2) is 36.3 Å². The molecule has 1 aliphatic heterocycles. The summed E-state index contributed by atoms with van der Waals surface area (Å²) in [6.07, 6.45) is 0.942. The molecule has 1 aliphatic rings. The number of anilines is 1. The van der Waals surface area contributed by atoms with Gasteiger partial charge in [-0.25, -0.2) is 8.42 Å². The van der Waals surface area contributed by atoms with E-state index in [1.165, 1.54) is 4.31 Å². The first-order valence-corrected chi connectivity index (χ1v) is 12.6. The van der Waals surface area contributed by atoms with E-state index in [1.807, 2.05) is 38.1 Å². The standard InChI is InChI=1S/C22H25N3O4S2/c1-3-25-19-8-7-18(14-20(19)30-22(25)27)31(28,29)24-11-9-16(10-12-24)21(26)23-17-6-4-5-15(2)13-17/h4-8,13-14,16H,3,9-12H2,1-2H3,(H,23,26). The summed E-state index contributed by atoms with van der Waals surface area (Å²) in [6, 6.07) is 12.5. The van der Waals surface area contributed by atoms with Crippen LogP contribution in [0, 0.1) is 12.8 Å². The van der Waals surface area contributed by atoms with Gasteiger partial charge in [-0.15, -0.1) is 0 Å². The zero-order valence-electron chi connectivity index (χ0n) is 17.5. The highest BCUT2D eigenvalue weighted by Crippen LogP contribution is 2.28. The number of carbonyl (C=O) groups excluding carboxylic acids is 1. The van der Waals surface area contributed by atoms with Gasteiger partial charge >= 0.3 is 4.87 Å². The van der Waals surface area contributed by atoms with Crippen molar-refractivity contribution in [3.8, 4) is 0 Å². The molecule has 0 spiro atoms. The van der Waals surface area contributed by atoms with Crippen molar-refractivity contribution in [3.05, 3.63) is 57.7 Å². The summed E-state index contributed by atoms with van der Waals surface area (Å²) in [5.41, 5.74) is 2.57. The molecule has 4 rings (SSSR count). The maximum atomic E-state index is 13.1. The summed E-state index contributed by atoms with van der Waals surface area (Å²) in [6.45, 7) is 4.98. The van der Waals surface area contributed by atoms with Crippen molar-refractivity contribution in [3.63, 3.8) is 0 Å². The van der Waals surface area contributed by atoms with E-state index in [0.717, 1.165) is 28.1 Å². The number of benzene rings is 2. The van der Waals surface area contributed by atoms with Crippen LogP contribution in [0.4, 0.5) is 5.69 Å². The lowest BCUT2D eigenvalue weighted by molar-refractivity contribution is -0.120. The second-order valence-corrected chi connectivity index (χ2v) is 10.7. The van der Waals surface area contributed by atoms with Crippen molar-refractivity contribution in [2.24, 2.45) is 5.92 Å². The Kier molecular flexibility index (Phi) is 6.00. The van der Waals surface area contributed by atoms with Crippen LogP contribution in [0.2, 0.25) is 0 Å². The van der Waals surface area contributed by atoms with Gasteiger partial charge in [0, 0.05) is 31.2 Å². The molecule has 0 bridgehead atoms. The second kappa shape index (κ2) is 8.57. The van der Waals surface area contributed by atoms with E-state index in [1.54, 1.807) is 22.8 Å². The maximum Gasteiger partial charge on any atom is 0.308 e. The molecule has 2 heterocycles. The first-order chi connectivity index (χ1) is 14.8. The van der Waals surface area contributed by atoms with Crippen molar-refractivity contribution >= 4 is 43.2 Å². The Balaban J connectivity index is 1.46. The molecule has 164 valence electrons. The molecule has 31 heavy (non-hydrogen) atoms. The summed E-state index contributed by atoms with van der Waals surface area (Å²) in [5, 5.41) is 2.93. The van der Waals surface area contributed by atoms with Crippen LogP contribution in [0.5, 0.6) is 0 Å². The first-order valence-electron chi connectivity index (χ1n) is 10.3. The number of fused-ring (bicyclic) bond motifs is 1. The quantitative estimate of drug-likeness (QED) is 0.633. The number of nitrogens with zero attached hydrogens (tertiary/aromatic N) is 2. The highest BCUT2D eigenvalue weighted by molar-refractivity contribution is 7.89. The zero-order chi connectivity index (χ0) is 22.2. The van der Waals surface area contributed by atoms with Crippen LogP contribution in [0.3, 0.4) is 0 Å². The molecule has 1 amide bonds. The molecule has 0 atom stereocenters. The second-order valence-electron chi connectivity index (χ2n) is 7.78. The van der Waals surface area contributed by atoms with Crippen LogP contribution >= 0.6 is 11.3 Å². The van der Waals surface area contributed by atoms with Gasteiger partial charge in [0.15, 0.2) is 0 Å². The van der Waals surface area contributed by atoms with Gasteiger partial charge < -0.3 is 5.32 Å². The minimum Gasteiger partial charge on any atom is -0.326 e. The van der Waals surface area contributed by atoms with Crippen molar-refractivity contribution in [1.29, 1.82) is 0 Å². The lowest BCUT2D eigenvalue weighted by Crippen LogP contribution is -2.41. The third-order valence-electron chi connectivity index (χ3n) is 5.70. The molecule has 2 aromatic carbocycles. The van der Waals surface area contributed by atoms with Crippen molar-refractivity contribution < 1.29 is 13.2 Å². The highest BCUT2D eigenvalue weighted by Gasteiger charge is 2.32. The molecule has 0 saturated carbocycles. The number of amides is 1. The van der Waals surface area contributed by atoms with Crippen LogP contribution in [-0.2, 0) is 21.4 Å². The highest BCUT2D eigenvalue weighted by atomic mass is 32.2. The van der Waals surface area contributed by atoms with E-state index < -0.39 is 10.0 Å². The van der Waals surface area contributed by atoms with Crippen LogP contribution in [0.1, 0.15) is 25.3 Å². The third kappa shape index (κ3) is 4.30. The minimum absolute atomic E-state index is 0.0743. The van der Waals surface area contributed by atoms with Gasteiger partial charge in [0.1, 0.15) is 0 Å². The summed E-state index contributed by atoms with van der Waals surface area (Å²) >= 11 is 1.06. The smallest absolute Gasteiger partial charge is 0.308 e. The monoisotopic (exact) mass is 459 g/mol. The Morgan fingerprint density at radius 1 is 1.16 bits per heavy atom. The predicted octanol–water partition coefficient (Wildman–Crippen LogP) is 3.43. The predicted molar refractivity (Wildman–Crippen MR) is 123 cm³/mol. The molecular weight excluding hydrogens is 434 g/mol. The number of hydrogen-bond donors (Lipinski definition) is 1. The van der Waals surface area contributed by atoms with Gasteiger partial charge in [-0.05, 0) is 62.6 Å². The SMILES string of the molecule is CCn1c(=O)sc2cc(S(=O)(=O)N3CCC(C(=O)Nc4cccc(C)c4)CC3)ccc21. The molecule has 3 aromatic rings. The number of thiazole rings is 1. The Morgan fingerprint density at radius 2 is 1.90 bits per heavy atom. The fourth-order valence-electron chi connectivity index (χ4n) is 3.98. The van der Waals surface area contributed by atoms with E-state index >= 15 is 0 Å². The van der Waals surface area contributed by atoms with E-state index in [9.17, 15) is 18.0 Å². The molecule has 1 saturated heterocycles. The lowest BCUT2D eigenvalue weighted by atomic mass is 9.97. The maximum absolute atomic E-state index is 13.1. The molecule has 1 aromatic heterocycles. The molecule has 0 unspecified atom stereocenters. The molecule has 0 radical (unpaired) electrons. The van der Waals surface area contributed by atoms with Crippen LogP contribution in [0.15, 0.2) is 52.2 Å². The first kappa shape index (κ1) is 21.7. The summed E-state index contributed by atoms with van der Waals surface area (Å²) < 4.78 is 30.0. The molecular formula is C22H25N3O4S2. The Morgan fingerprint density at radius 3 is 2.58 bits per heavy atom. The molecule has 1 fully saturated rings. The van der Waals surface area contributed by atoms with E-state index in [2.05, 4.69) is 5.32 Å².